The van der Waals surface area contributed by atoms with Crippen LogP contribution in [0.15, 0.2) is 51.6 Å². The van der Waals surface area contributed by atoms with Gasteiger partial charge in [-0.15, -0.1) is 0 Å². The van der Waals surface area contributed by atoms with Gasteiger partial charge in [-0.25, -0.2) is 0 Å². The van der Waals surface area contributed by atoms with E-state index in [0.717, 1.165) is 54.8 Å². The van der Waals surface area contributed by atoms with Crippen LogP contribution < -0.4 is 10.9 Å². The number of piperazine rings is 1. The van der Waals surface area contributed by atoms with Gasteiger partial charge in [0.25, 0.3) is 5.56 Å². The van der Waals surface area contributed by atoms with Crippen LogP contribution in [0.3, 0.4) is 0 Å². The Morgan fingerprint density at radius 2 is 2.08 bits per heavy atom. The van der Waals surface area contributed by atoms with E-state index in [1.54, 1.807) is 24.9 Å². The molecule has 5 rings (SSSR count). The van der Waals surface area contributed by atoms with Crippen LogP contribution in [0.1, 0.15) is 31.6 Å². The first-order valence-electron chi connectivity index (χ1n) is 12.0. The fraction of sp³-hybridized carbons (Fsp3) is 0.407. The monoisotopic (exact) mass is 495 g/mol. The van der Waals surface area contributed by atoms with E-state index < -0.39 is 0 Å². The Bertz CT molecular complexity index is 1280. The number of nitrogens with one attached hydrogen (secondary N) is 1. The highest BCUT2D eigenvalue weighted by Crippen LogP contribution is 2.44. The standard InChI is InChI=1S/C25H29N4O3.C2H4O.H2O/c1-16-12-27-7-8-29(16)14-18-11-21-24(32-18)23(15-28(2)25(21)30)19-4-6-26-13-22(19)20-10-17(20)5-9-31-3;1-2-3;/h4,6,10-11,13,15-16,27H,5,7-9,12,14H2,1-3H3;2H,1H3;1H2/t16-;;/m1../s1. The van der Waals surface area contributed by atoms with Gasteiger partial charge in [0.05, 0.1) is 17.8 Å². The summed E-state index contributed by atoms with van der Waals surface area (Å²) in [5, 5.41) is 4.04. The number of nitrogens with zero attached hydrogens (tertiary/aromatic N) is 3. The largest absolute Gasteiger partial charge is 0.459 e. The molecule has 9 nitrogen and oxygen atoms in total. The third kappa shape index (κ3) is 5.82. The number of pyridine rings is 2. The number of rotatable bonds is 7. The molecule has 9 heteroatoms. The van der Waals surface area contributed by atoms with Crippen LogP contribution in [0, 0.1) is 5.92 Å². The van der Waals surface area contributed by atoms with E-state index >= 15 is 0 Å². The van der Waals surface area contributed by atoms with Crippen molar-refractivity contribution in [3.05, 3.63) is 70.0 Å². The average molecular weight is 496 g/mol. The van der Waals surface area contributed by atoms with Crippen molar-refractivity contribution in [2.75, 3.05) is 33.4 Å². The van der Waals surface area contributed by atoms with Gasteiger partial charge in [-0.2, -0.15) is 0 Å². The van der Waals surface area contributed by atoms with Crippen molar-refractivity contribution < 1.29 is 19.4 Å². The zero-order chi connectivity index (χ0) is 24.9. The van der Waals surface area contributed by atoms with Crippen molar-refractivity contribution in [1.82, 2.24) is 19.8 Å². The Kier molecular flexibility index (Phi) is 9.33. The topological polar surface area (TPSA) is 121 Å². The summed E-state index contributed by atoms with van der Waals surface area (Å²) in [6.07, 6.45) is 9.38. The van der Waals surface area contributed by atoms with E-state index in [1.807, 2.05) is 24.5 Å². The zero-order valence-corrected chi connectivity index (χ0v) is 21.3. The molecule has 3 aromatic rings. The molecule has 1 saturated heterocycles. The number of furan rings is 1. The molecule has 1 radical (unpaired) electrons. The number of aryl methyl sites for hydroxylation is 1. The number of ether oxygens (including phenoxy) is 1. The maximum absolute atomic E-state index is 12.9. The molecule has 1 fully saturated rings. The Labute approximate surface area is 211 Å². The lowest BCUT2D eigenvalue weighted by atomic mass is 9.96. The van der Waals surface area contributed by atoms with Crippen LogP contribution >= 0.6 is 0 Å². The van der Waals surface area contributed by atoms with Gasteiger partial charge in [0, 0.05) is 70.6 Å². The minimum absolute atomic E-state index is 0. The predicted octanol–water partition coefficient (Wildman–Crippen LogP) is 2.27. The molecule has 1 aliphatic carbocycles. The van der Waals surface area contributed by atoms with E-state index in [9.17, 15) is 4.79 Å². The molecule has 3 N–H and O–H groups in total. The van der Waals surface area contributed by atoms with Crippen molar-refractivity contribution in [2.24, 2.45) is 7.05 Å². The number of allylic oxidation sites excluding steroid dienone is 1. The summed E-state index contributed by atoms with van der Waals surface area (Å²) in [6, 6.07) is 4.35. The highest BCUT2D eigenvalue weighted by atomic mass is 16.5. The van der Waals surface area contributed by atoms with Gasteiger partial charge < -0.3 is 29.3 Å². The Morgan fingerprint density at radius 1 is 1.31 bits per heavy atom. The second-order valence-corrected chi connectivity index (χ2v) is 8.92. The molecule has 0 spiro atoms. The summed E-state index contributed by atoms with van der Waals surface area (Å²) in [5.74, 6) is 2.03. The van der Waals surface area contributed by atoms with Gasteiger partial charge in [0.1, 0.15) is 17.6 Å². The quantitative estimate of drug-likeness (QED) is 0.499. The third-order valence-electron chi connectivity index (χ3n) is 6.46. The number of carbonyl (C=O) groups excluding carboxylic acids is 1. The lowest BCUT2D eigenvalue weighted by Gasteiger charge is -2.33. The fourth-order valence-corrected chi connectivity index (χ4v) is 4.54. The van der Waals surface area contributed by atoms with E-state index in [-0.39, 0.29) is 11.0 Å². The molecule has 3 aromatic heterocycles. The molecule has 0 amide bonds. The second kappa shape index (κ2) is 12.2. The van der Waals surface area contributed by atoms with Crippen molar-refractivity contribution in [1.29, 1.82) is 0 Å². The lowest BCUT2D eigenvalue weighted by molar-refractivity contribution is -0.106. The SMILES string of the molecule is CC=O.COCCC1=C[C]1c1cnccc1-c1cn(C)c(=O)c2cc(CN3CCNC[C@H]3C)oc12.O. The third-order valence-corrected chi connectivity index (χ3v) is 6.46. The number of hydrogen-bond donors (Lipinski definition) is 1. The fourth-order valence-electron chi connectivity index (χ4n) is 4.54. The van der Waals surface area contributed by atoms with Crippen LogP contribution in [-0.2, 0) is 23.1 Å². The van der Waals surface area contributed by atoms with E-state index in [2.05, 4.69) is 28.2 Å². The minimum Gasteiger partial charge on any atom is -0.459 e. The molecule has 1 aliphatic heterocycles. The van der Waals surface area contributed by atoms with E-state index in [1.165, 1.54) is 18.4 Å². The van der Waals surface area contributed by atoms with E-state index in [0.29, 0.717) is 30.2 Å². The second-order valence-electron chi connectivity index (χ2n) is 8.92. The van der Waals surface area contributed by atoms with Crippen molar-refractivity contribution >= 4 is 17.3 Å². The molecule has 0 aromatic carbocycles. The van der Waals surface area contributed by atoms with Gasteiger partial charge in [-0.3, -0.25) is 14.7 Å². The van der Waals surface area contributed by atoms with Gasteiger partial charge in [0.2, 0.25) is 0 Å². The number of aldehydes is 1. The number of hydrogen-bond acceptors (Lipinski definition) is 7. The minimum atomic E-state index is -0.0410. The van der Waals surface area contributed by atoms with Gasteiger partial charge in [-0.05, 0) is 43.5 Å². The first-order chi connectivity index (χ1) is 17.0. The molecule has 0 bridgehead atoms. The van der Waals surface area contributed by atoms with Gasteiger partial charge in [-0.1, -0.05) is 11.6 Å². The molecule has 4 heterocycles. The van der Waals surface area contributed by atoms with Gasteiger partial charge in [0.15, 0.2) is 0 Å². The smallest absolute Gasteiger partial charge is 0.261 e. The molecule has 1 atom stereocenters. The highest BCUT2D eigenvalue weighted by Gasteiger charge is 2.30. The number of aromatic nitrogens is 2. The molecule has 0 saturated carbocycles. The summed E-state index contributed by atoms with van der Waals surface area (Å²) >= 11 is 0. The molecule has 193 valence electrons. The van der Waals surface area contributed by atoms with Gasteiger partial charge >= 0.3 is 0 Å². The Morgan fingerprint density at radius 3 is 2.81 bits per heavy atom. The summed E-state index contributed by atoms with van der Waals surface area (Å²) in [7, 11) is 3.51. The lowest BCUT2D eigenvalue weighted by Crippen LogP contribution is -2.49. The maximum atomic E-state index is 12.9. The van der Waals surface area contributed by atoms with Crippen LogP contribution in [-0.4, -0.2) is 65.6 Å². The average Bonchev–Trinajstić information content (AvgIpc) is 3.51. The van der Waals surface area contributed by atoms with Crippen molar-refractivity contribution in [2.45, 2.75) is 32.9 Å². The maximum Gasteiger partial charge on any atom is 0.261 e. The molecular formula is C27H35N4O5. The van der Waals surface area contributed by atoms with Crippen LogP contribution in [0.4, 0.5) is 0 Å². The summed E-state index contributed by atoms with van der Waals surface area (Å²) in [5.41, 5.74) is 4.90. The predicted molar refractivity (Wildman–Crippen MR) is 140 cm³/mol. The zero-order valence-electron chi connectivity index (χ0n) is 21.3. The number of fused-ring (bicyclic) bond motifs is 1. The molecule has 36 heavy (non-hydrogen) atoms. The molecule has 2 aliphatic rings. The molecule has 0 unspecified atom stereocenters. The van der Waals surface area contributed by atoms with Crippen molar-refractivity contribution in [3.8, 4) is 11.1 Å². The van der Waals surface area contributed by atoms with Crippen molar-refractivity contribution in [3.63, 3.8) is 0 Å². The molecular weight excluding hydrogens is 460 g/mol. The first-order valence-corrected chi connectivity index (χ1v) is 12.0. The Balaban J connectivity index is 0.000000861. The van der Waals surface area contributed by atoms with Crippen LogP contribution in [0.25, 0.3) is 22.1 Å². The summed E-state index contributed by atoms with van der Waals surface area (Å²) < 4.78 is 13.2. The van der Waals surface area contributed by atoms with E-state index in [4.69, 9.17) is 13.9 Å². The van der Waals surface area contributed by atoms with Crippen LogP contribution in [0.2, 0.25) is 0 Å². The Hall–Kier alpha value is -3.11. The number of methoxy groups -OCH3 is 1. The number of carbonyl (C=O) groups is 1. The normalized spacial score (nSPS) is 17.7. The first kappa shape index (κ1) is 27.5. The summed E-state index contributed by atoms with van der Waals surface area (Å²) in [6.45, 7) is 7.94. The summed E-state index contributed by atoms with van der Waals surface area (Å²) in [4.78, 5) is 28.5. The van der Waals surface area contributed by atoms with Crippen LogP contribution in [0.5, 0.6) is 0 Å². The highest BCUT2D eigenvalue weighted by molar-refractivity contribution is 5.94.